The maximum atomic E-state index is 12.6. The van der Waals surface area contributed by atoms with Crippen LogP contribution in [0.1, 0.15) is 53.4 Å². The lowest BCUT2D eigenvalue weighted by Crippen LogP contribution is -2.43. The van der Waals surface area contributed by atoms with Gasteiger partial charge in [0.15, 0.2) is 0 Å². The van der Waals surface area contributed by atoms with Crippen molar-refractivity contribution in [1.29, 1.82) is 0 Å². The molecule has 182 valence electrons. The van der Waals surface area contributed by atoms with Crippen LogP contribution in [0.3, 0.4) is 0 Å². The molecule has 3 N–H and O–H groups in total. The lowest BCUT2D eigenvalue weighted by atomic mass is 9.95. The number of anilines is 2. The molecule has 0 spiro atoms. The number of esters is 1. The summed E-state index contributed by atoms with van der Waals surface area (Å²) >= 11 is 1.49. The highest BCUT2D eigenvalue weighted by atomic mass is 32.1. The third-order valence-corrected chi connectivity index (χ3v) is 7.56. The number of urea groups is 2. The zero-order chi connectivity index (χ0) is 23.9. The Kier molecular flexibility index (Phi) is 8.05. The maximum absolute atomic E-state index is 12.6. The maximum Gasteiger partial charge on any atom is 0.341 e. The Morgan fingerprint density at radius 2 is 1.79 bits per heavy atom. The van der Waals surface area contributed by atoms with Gasteiger partial charge in [0, 0.05) is 30.2 Å². The highest BCUT2D eigenvalue weighted by molar-refractivity contribution is 7.17. The Morgan fingerprint density at radius 3 is 2.53 bits per heavy atom. The van der Waals surface area contributed by atoms with E-state index < -0.39 is 0 Å². The smallest absolute Gasteiger partial charge is 0.341 e. The second-order valence-electron chi connectivity index (χ2n) is 8.70. The number of para-hydroxylation sites is 1. The van der Waals surface area contributed by atoms with E-state index in [4.69, 9.17) is 4.74 Å². The number of hydrogen-bond donors (Lipinski definition) is 3. The van der Waals surface area contributed by atoms with E-state index in [2.05, 4.69) is 16.0 Å². The van der Waals surface area contributed by atoms with E-state index in [0.29, 0.717) is 42.7 Å². The molecule has 4 rings (SSSR count). The molecule has 1 saturated heterocycles. The Balaban J connectivity index is 1.26. The van der Waals surface area contributed by atoms with Gasteiger partial charge >= 0.3 is 18.0 Å². The van der Waals surface area contributed by atoms with Crippen LogP contribution in [-0.4, -0.2) is 49.2 Å². The zero-order valence-electron chi connectivity index (χ0n) is 19.5. The molecule has 9 heteroatoms. The van der Waals surface area contributed by atoms with Crippen molar-refractivity contribution in [2.75, 3.05) is 36.9 Å². The van der Waals surface area contributed by atoms with Crippen LogP contribution in [0.25, 0.3) is 0 Å². The van der Waals surface area contributed by atoms with Crippen LogP contribution in [0.4, 0.5) is 20.3 Å². The quantitative estimate of drug-likeness (QED) is 0.510. The normalized spacial score (nSPS) is 15.9. The molecule has 2 aromatic rings. The molecule has 0 atom stereocenters. The van der Waals surface area contributed by atoms with Crippen LogP contribution in [0.5, 0.6) is 0 Å². The van der Waals surface area contributed by atoms with Gasteiger partial charge in [0.1, 0.15) is 5.00 Å². The number of piperidine rings is 1. The van der Waals surface area contributed by atoms with Crippen LogP contribution in [0.15, 0.2) is 30.3 Å². The number of fused-ring (bicyclic) bond motifs is 1. The number of benzene rings is 1. The third kappa shape index (κ3) is 5.88. The number of carbonyl (C=O) groups is 3. The number of nitrogens with one attached hydrogen (secondary N) is 3. The highest BCUT2D eigenvalue weighted by Crippen LogP contribution is 2.38. The van der Waals surface area contributed by atoms with E-state index in [1.54, 1.807) is 6.92 Å². The fourth-order valence-corrected chi connectivity index (χ4v) is 5.79. The first-order valence-corrected chi connectivity index (χ1v) is 12.8. The lowest BCUT2D eigenvalue weighted by molar-refractivity contribution is 0.0526. The molecule has 2 aliphatic rings. The Morgan fingerprint density at radius 1 is 1.06 bits per heavy atom. The molecule has 1 aliphatic heterocycles. The van der Waals surface area contributed by atoms with E-state index in [-0.39, 0.29) is 18.0 Å². The summed E-state index contributed by atoms with van der Waals surface area (Å²) in [6, 6.07) is 9.01. The van der Waals surface area contributed by atoms with Crippen molar-refractivity contribution in [3.8, 4) is 0 Å². The van der Waals surface area contributed by atoms with Crippen molar-refractivity contribution in [1.82, 2.24) is 10.2 Å². The summed E-state index contributed by atoms with van der Waals surface area (Å²) in [5.41, 5.74) is 2.34. The number of likely N-dealkylation sites (tertiary alicyclic amines) is 1. The van der Waals surface area contributed by atoms with E-state index in [1.165, 1.54) is 16.2 Å². The molecule has 0 saturated carbocycles. The van der Waals surface area contributed by atoms with Crippen LogP contribution in [0, 0.1) is 5.92 Å². The van der Waals surface area contributed by atoms with Gasteiger partial charge in [-0.3, -0.25) is 5.32 Å². The average molecular weight is 485 g/mol. The van der Waals surface area contributed by atoms with Crippen molar-refractivity contribution >= 4 is 40.1 Å². The Hall–Kier alpha value is -3.07. The fraction of sp³-hybridized carbons (Fsp3) is 0.480. The van der Waals surface area contributed by atoms with Gasteiger partial charge in [0.25, 0.3) is 0 Å². The van der Waals surface area contributed by atoms with Crippen molar-refractivity contribution in [2.45, 2.75) is 45.4 Å². The number of thiophene rings is 1. The number of carbonyl (C=O) groups excluding carboxylic acids is 3. The summed E-state index contributed by atoms with van der Waals surface area (Å²) in [6.45, 7) is 3.92. The van der Waals surface area contributed by atoms with Crippen LogP contribution >= 0.6 is 11.3 Å². The molecule has 1 aromatic carbocycles. The van der Waals surface area contributed by atoms with Crippen molar-refractivity contribution in [3.05, 3.63) is 46.3 Å². The van der Waals surface area contributed by atoms with Gasteiger partial charge in [-0.25, -0.2) is 14.4 Å². The molecule has 0 unspecified atom stereocenters. The first-order chi connectivity index (χ1) is 16.5. The number of ether oxygens (including phenoxy) is 1. The molecule has 1 fully saturated rings. The summed E-state index contributed by atoms with van der Waals surface area (Å²) in [4.78, 5) is 40.6. The minimum atomic E-state index is -0.363. The van der Waals surface area contributed by atoms with Crippen LogP contribution in [-0.2, 0) is 17.6 Å². The Labute approximate surface area is 204 Å². The van der Waals surface area contributed by atoms with E-state index in [1.807, 2.05) is 35.2 Å². The molecule has 1 aromatic heterocycles. The summed E-state index contributed by atoms with van der Waals surface area (Å²) in [7, 11) is 0. The number of amides is 4. The number of aryl methyl sites for hydroxylation is 1. The molecule has 0 bridgehead atoms. The monoisotopic (exact) mass is 484 g/mol. The average Bonchev–Trinajstić information content (AvgIpc) is 3.21. The predicted octanol–water partition coefficient (Wildman–Crippen LogP) is 4.87. The summed E-state index contributed by atoms with van der Waals surface area (Å²) < 4.78 is 5.26. The predicted molar refractivity (Wildman–Crippen MR) is 134 cm³/mol. The number of rotatable bonds is 6. The molecule has 4 amide bonds. The second kappa shape index (κ2) is 11.4. The van der Waals surface area contributed by atoms with E-state index >= 15 is 0 Å². The van der Waals surface area contributed by atoms with Gasteiger partial charge in [0.05, 0.1) is 12.2 Å². The standard InChI is InChI=1S/C25H32N4O4S/c1-2-33-23(30)21-19-10-6-7-11-20(19)34-22(21)28-24(31)26-16-17-12-14-29(15-13-17)25(32)27-18-8-4-3-5-9-18/h3-5,8-9,17H,2,6-7,10-16H2,1H3,(H,27,32)(H2,26,28,31). The molecule has 8 nitrogen and oxygen atoms in total. The van der Waals surface area contributed by atoms with Gasteiger partial charge in [-0.05, 0) is 69.1 Å². The van der Waals surface area contributed by atoms with Crippen molar-refractivity contribution in [3.63, 3.8) is 0 Å². The van der Waals surface area contributed by atoms with Crippen LogP contribution in [0.2, 0.25) is 0 Å². The molecular weight excluding hydrogens is 452 g/mol. The minimum absolute atomic E-state index is 0.0940. The van der Waals surface area contributed by atoms with E-state index in [0.717, 1.165) is 49.8 Å². The first-order valence-electron chi connectivity index (χ1n) is 12.0. The van der Waals surface area contributed by atoms with Gasteiger partial charge in [0.2, 0.25) is 0 Å². The summed E-state index contributed by atoms with van der Waals surface area (Å²) in [5.74, 6) is -0.0639. The second-order valence-corrected chi connectivity index (χ2v) is 9.80. The number of nitrogens with zero attached hydrogens (tertiary/aromatic N) is 1. The van der Waals surface area contributed by atoms with Gasteiger partial charge in [-0.2, -0.15) is 0 Å². The van der Waals surface area contributed by atoms with Crippen molar-refractivity contribution < 1.29 is 19.1 Å². The molecule has 0 radical (unpaired) electrons. The lowest BCUT2D eigenvalue weighted by Gasteiger charge is -2.32. The molecule has 2 heterocycles. The van der Waals surface area contributed by atoms with Crippen LogP contribution < -0.4 is 16.0 Å². The Bertz CT molecular complexity index is 1020. The topological polar surface area (TPSA) is 99.8 Å². The minimum Gasteiger partial charge on any atom is -0.462 e. The first kappa shape index (κ1) is 24.1. The molecular formula is C25H32N4O4S. The number of hydrogen-bond acceptors (Lipinski definition) is 5. The largest absolute Gasteiger partial charge is 0.462 e. The SMILES string of the molecule is CCOC(=O)c1c(NC(=O)NCC2CCN(C(=O)Nc3ccccc3)CC2)sc2c1CCCC2. The fourth-order valence-electron chi connectivity index (χ4n) is 4.52. The van der Waals surface area contributed by atoms with Gasteiger partial charge in [-0.1, -0.05) is 18.2 Å². The van der Waals surface area contributed by atoms with E-state index in [9.17, 15) is 14.4 Å². The third-order valence-electron chi connectivity index (χ3n) is 6.36. The van der Waals surface area contributed by atoms with Gasteiger partial charge in [-0.15, -0.1) is 11.3 Å². The molecule has 1 aliphatic carbocycles. The van der Waals surface area contributed by atoms with Crippen molar-refractivity contribution in [2.24, 2.45) is 5.92 Å². The highest BCUT2D eigenvalue weighted by Gasteiger charge is 2.28. The summed E-state index contributed by atoms with van der Waals surface area (Å²) in [5, 5.41) is 9.34. The summed E-state index contributed by atoms with van der Waals surface area (Å²) in [6.07, 6.45) is 5.58. The van der Waals surface area contributed by atoms with Gasteiger partial charge < -0.3 is 20.3 Å². The molecule has 34 heavy (non-hydrogen) atoms. The zero-order valence-corrected chi connectivity index (χ0v) is 20.3.